The molecule has 0 unspecified atom stereocenters. The van der Waals surface area contributed by atoms with Crippen LogP contribution >= 0.6 is 0 Å². The van der Waals surface area contributed by atoms with Crippen molar-refractivity contribution in [2.24, 2.45) is 0 Å². The molecule has 5 heteroatoms. The first kappa shape index (κ1) is 11.7. The lowest BCUT2D eigenvalue weighted by atomic mass is 10.3. The second-order valence-corrected chi connectivity index (χ2v) is 3.17. The Bertz CT molecular complexity index is 342. The van der Waals surface area contributed by atoms with Gasteiger partial charge in [0, 0.05) is 26.2 Å². The lowest BCUT2D eigenvalue weighted by Gasteiger charge is -2.17. The molecule has 0 aliphatic carbocycles. The summed E-state index contributed by atoms with van der Waals surface area (Å²) < 4.78 is 26.5. The van der Waals surface area contributed by atoms with Crippen molar-refractivity contribution < 1.29 is 8.78 Å². The van der Waals surface area contributed by atoms with Crippen molar-refractivity contribution in [3.8, 4) is 0 Å². The third-order valence-corrected chi connectivity index (χ3v) is 2.09. The summed E-state index contributed by atoms with van der Waals surface area (Å²) in [5.74, 6) is -1.05. The van der Waals surface area contributed by atoms with Gasteiger partial charge in [-0.3, -0.25) is 0 Å². The fraction of sp³-hybridized carbons (Fsp3) is 0.500. The molecule has 0 radical (unpaired) electrons. The van der Waals surface area contributed by atoms with Crippen molar-refractivity contribution in [1.29, 1.82) is 0 Å². The van der Waals surface area contributed by atoms with E-state index in [-0.39, 0.29) is 11.6 Å². The highest BCUT2D eigenvalue weighted by molar-refractivity contribution is 5.48. The average Bonchev–Trinajstić information content (AvgIpc) is 2.21. The highest BCUT2D eigenvalue weighted by Gasteiger charge is 2.13. The maximum absolute atomic E-state index is 13.3. The summed E-state index contributed by atoms with van der Waals surface area (Å²) in [6.45, 7) is 4.86. The second kappa shape index (κ2) is 4.91. The minimum absolute atomic E-state index is 0.0919. The highest BCUT2D eigenvalue weighted by atomic mass is 19.1. The number of nitrogens with one attached hydrogen (secondary N) is 1. The van der Waals surface area contributed by atoms with Crippen LogP contribution in [0.2, 0.25) is 0 Å². The van der Waals surface area contributed by atoms with E-state index in [0.29, 0.717) is 13.1 Å². The van der Waals surface area contributed by atoms with Gasteiger partial charge < -0.3 is 10.2 Å². The number of hydrogen-bond donors (Lipinski definition) is 1. The molecule has 1 rings (SSSR count). The molecule has 1 aromatic rings. The van der Waals surface area contributed by atoms with E-state index < -0.39 is 11.6 Å². The number of aromatic nitrogens is 1. The number of halogens is 2. The van der Waals surface area contributed by atoms with Crippen molar-refractivity contribution in [1.82, 2.24) is 4.98 Å². The van der Waals surface area contributed by atoms with Gasteiger partial charge in [0.25, 0.3) is 0 Å². The van der Waals surface area contributed by atoms with Gasteiger partial charge in [0.05, 0.1) is 0 Å². The van der Waals surface area contributed by atoms with Gasteiger partial charge in [0.2, 0.25) is 0 Å². The molecule has 0 aliphatic heterocycles. The molecule has 1 N–H and O–H groups in total. The molecule has 0 atom stereocenters. The maximum Gasteiger partial charge on any atom is 0.168 e. The minimum atomic E-state index is -0.664. The largest absolute Gasteiger partial charge is 0.368 e. The maximum atomic E-state index is 13.3. The Morgan fingerprint density at radius 2 is 2.00 bits per heavy atom. The van der Waals surface area contributed by atoms with E-state index in [4.69, 9.17) is 0 Å². The molecule has 0 amide bonds. The van der Waals surface area contributed by atoms with Crippen molar-refractivity contribution in [3.05, 3.63) is 17.7 Å². The van der Waals surface area contributed by atoms with E-state index in [0.717, 1.165) is 6.07 Å². The molecular weight excluding hydrogens is 200 g/mol. The number of rotatable bonds is 4. The Morgan fingerprint density at radius 3 is 2.53 bits per heavy atom. The van der Waals surface area contributed by atoms with E-state index in [1.54, 1.807) is 11.9 Å². The first-order chi connectivity index (χ1) is 7.10. The van der Waals surface area contributed by atoms with Crippen molar-refractivity contribution in [2.75, 3.05) is 30.4 Å². The van der Waals surface area contributed by atoms with Gasteiger partial charge >= 0.3 is 0 Å². The monoisotopic (exact) mass is 215 g/mol. The zero-order chi connectivity index (χ0) is 11.4. The van der Waals surface area contributed by atoms with E-state index in [2.05, 4.69) is 10.3 Å². The molecule has 3 nitrogen and oxygen atoms in total. The van der Waals surface area contributed by atoms with E-state index in [1.165, 1.54) is 0 Å². The Labute approximate surface area is 88.1 Å². The summed E-state index contributed by atoms with van der Waals surface area (Å²) in [5.41, 5.74) is 0. The zero-order valence-corrected chi connectivity index (χ0v) is 9.14. The fourth-order valence-electron chi connectivity index (χ4n) is 1.17. The average molecular weight is 215 g/mol. The summed E-state index contributed by atoms with van der Waals surface area (Å²) in [4.78, 5) is 5.52. The number of anilines is 2. The molecule has 0 spiro atoms. The summed E-state index contributed by atoms with van der Waals surface area (Å²) in [7, 11) is 1.71. The van der Waals surface area contributed by atoms with E-state index in [9.17, 15) is 8.78 Å². The third kappa shape index (κ3) is 2.55. The minimum Gasteiger partial charge on any atom is -0.368 e. The summed E-state index contributed by atoms with van der Waals surface area (Å²) >= 11 is 0. The van der Waals surface area contributed by atoms with Crippen LogP contribution in [0.15, 0.2) is 6.07 Å². The van der Waals surface area contributed by atoms with Crippen molar-refractivity contribution in [3.63, 3.8) is 0 Å². The molecule has 1 aromatic heterocycles. The third-order valence-electron chi connectivity index (χ3n) is 2.09. The zero-order valence-electron chi connectivity index (χ0n) is 9.14. The molecule has 0 aliphatic rings. The van der Waals surface area contributed by atoms with Crippen LogP contribution < -0.4 is 10.2 Å². The molecule has 0 saturated heterocycles. The van der Waals surface area contributed by atoms with E-state index in [1.807, 2.05) is 13.8 Å². The first-order valence-corrected chi connectivity index (χ1v) is 4.91. The van der Waals surface area contributed by atoms with Crippen LogP contribution in [-0.4, -0.2) is 25.1 Å². The fourth-order valence-corrected chi connectivity index (χ4v) is 1.17. The molecule has 0 bridgehead atoms. The van der Waals surface area contributed by atoms with E-state index >= 15 is 0 Å². The normalized spacial score (nSPS) is 10.2. The Hall–Kier alpha value is -1.39. The quantitative estimate of drug-likeness (QED) is 0.835. The summed E-state index contributed by atoms with van der Waals surface area (Å²) in [5, 5.41) is 2.74. The Balaban J connectivity index is 3.11. The first-order valence-electron chi connectivity index (χ1n) is 4.91. The van der Waals surface area contributed by atoms with Crippen molar-refractivity contribution >= 4 is 11.6 Å². The number of nitrogens with zero attached hydrogens (tertiary/aromatic N) is 2. The highest BCUT2D eigenvalue weighted by Crippen LogP contribution is 2.21. The Kier molecular flexibility index (Phi) is 3.82. The number of hydrogen-bond acceptors (Lipinski definition) is 3. The molecule has 1 heterocycles. The van der Waals surface area contributed by atoms with Crippen LogP contribution in [0, 0.1) is 11.6 Å². The van der Waals surface area contributed by atoms with Gasteiger partial charge in [0.15, 0.2) is 23.3 Å². The van der Waals surface area contributed by atoms with Crippen LogP contribution in [0.1, 0.15) is 13.8 Å². The standard InChI is InChI=1S/C10H15F2N3/c1-4-13-9-7(11)6-8(12)10(14-9)15(3)5-2/h6H,4-5H2,1-3H3,(H,13,14). The van der Waals surface area contributed by atoms with Gasteiger partial charge in [-0.05, 0) is 13.8 Å². The van der Waals surface area contributed by atoms with Gasteiger partial charge in [-0.1, -0.05) is 0 Å². The van der Waals surface area contributed by atoms with Crippen LogP contribution in [0.3, 0.4) is 0 Å². The molecule has 0 fully saturated rings. The molecule has 84 valence electrons. The molecule has 0 saturated carbocycles. The smallest absolute Gasteiger partial charge is 0.168 e. The lowest BCUT2D eigenvalue weighted by molar-refractivity contribution is 0.573. The predicted molar refractivity (Wildman–Crippen MR) is 57.3 cm³/mol. The van der Waals surface area contributed by atoms with Crippen molar-refractivity contribution in [2.45, 2.75) is 13.8 Å². The summed E-state index contributed by atoms with van der Waals surface area (Å²) in [6.07, 6.45) is 0. The van der Waals surface area contributed by atoms with Gasteiger partial charge in [-0.2, -0.15) is 0 Å². The molecule has 15 heavy (non-hydrogen) atoms. The van der Waals surface area contributed by atoms with Crippen LogP contribution in [-0.2, 0) is 0 Å². The SMILES string of the molecule is CCNc1nc(N(C)CC)c(F)cc1F. The number of pyridine rings is 1. The molecule has 0 aromatic carbocycles. The van der Waals surface area contributed by atoms with Crippen LogP contribution in [0.4, 0.5) is 20.4 Å². The van der Waals surface area contributed by atoms with Gasteiger partial charge in [-0.15, -0.1) is 0 Å². The predicted octanol–water partition coefficient (Wildman–Crippen LogP) is 2.25. The van der Waals surface area contributed by atoms with Crippen LogP contribution in [0.5, 0.6) is 0 Å². The summed E-state index contributed by atoms with van der Waals surface area (Å²) in [6, 6.07) is 0.854. The molecular formula is C10H15F2N3. The van der Waals surface area contributed by atoms with Gasteiger partial charge in [0.1, 0.15) is 0 Å². The Morgan fingerprint density at radius 1 is 1.33 bits per heavy atom. The van der Waals surface area contributed by atoms with Gasteiger partial charge in [-0.25, -0.2) is 13.8 Å². The lowest BCUT2D eigenvalue weighted by Crippen LogP contribution is -2.20. The topological polar surface area (TPSA) is 28.2 Å². The second-order valence-electron chi connectivity index (χ2n) is 3.17. The van der Waals surface area contributed by atoms with Crippen LogP contribution in [0.25, 0.3) is 0 Å².